The molecule has 0 rings (SSSR count). The lowest BCUT2D eigenvalue weighted by Gasteiger charge is -2.17. The van der Waals surface area contributed by atoms with Crippen LogP contribution in [0.2, 0.25) is 0 Å². The third-order valence-electron chi connectivity index (χ3n) is 2.01. The van der Waals surface area contributed by atoms with Gasteiger partial charge in [0.25, 0.3) is 0 Å². The summed E-state index contributed by atoms with van der Waals surface area (Å²) in [5.74, 6) is 0. The standard InChI is InChI=1S/C9H20O5/c10-3-1-7(12)5-9(14)6-8(13)2-4-11/h7-14H,1-6H2/t7-,8+,9?. The van der Waals surface area contributed by atoms with Crippen molar-refractivity contribution in [2.24, 2.45) is 0 Å². The van der Waals surface area contributed by atoms with Crippen LogP contribution < -0.4 is 0 Å². The Balaban J connectivity index is 3.57. The Morgan fingerprint density at radius 3 is 1.29 bits per heavy atom. The average Bonchev–Trinajstić information content (AvgIpc) is 2.03. The molecule has 0 spiro atoms. The first-order chi connectivity index (χ1) is 6.60. The quantitative estimate of drug-likeness (QED) is 0.338. The molecular weight excluding hydrogens is 188 g/mol. The van der Waals surface area contributed by atoms with Crippen molar-refractivity contribution in [1.82, 2.24) is 0 Å². The Hall–Kier alpha value is -0.200. The van der Waals surface area contributed by atoms with Crippen molar-refractivity contribution in [3.05, 3.63) is 0 Å². The van der Waals surface area contributed by atoms with E-state index in [2.05, 4.69) is 0 Å². The summed E-state index contributed by atoms with van der Waals surface area (Å²) in [6.45, 7) is -0.236. The number of aliphatic hydroxyl groups excluding tert-OH is 5. The van der Waals surface area contributed by atoms with E-state index in [-0.39, 0.29) is 38.9 Å². The van der Waals surface area contributed by atoms with Crippen LogP contribution in [0.5, 0.6) is 0 Å². The summed E-state index contributed by atoms with van der Waals surface area (Å²) in [5.41, 5.74) is 0. The molecule has 0 bridgehead atoms. The molecule has 0 amide bonds. The molecule has 3 atom stereocenters. The van der Waals surface area contributed by atoms with Crippen LogP contribution in [-0.2, 0) is 0 Å². The molecule has 5 nitrogen and oxygen atoms in total. The molecule has 0 saturated carbocycles. The van der Waals surface area contributed by atoms with E-state index in [1.54, 1.807) is 0 Å². The number of rotatable bonds is 8. The monoisotopic (exact) mass is 208 g/mol. The zero-order chi connectivity index (χ0) is 11.0. The second-order valence-electron chi connectivity index (χ2n) is 3.46. The van der Waals surface area contributed by atoms with Crippen molar-refractivity contribution in [1.29, 1.82) is 0 Å². The third-order valence-corrected chi connectivity index (χ3v) is 2.01. The minimum Gasteiger partial charge on any atom is -0.396 e. The highest BCUT2D eigenvalue weighted by Crippen LogP contribution is 2.09. The van der Waals surface area contributed by atoms with E-state index >= 15 is 0 Å². The third kappa shape index (κ3) is 7.23. The van der Waals surface area contributed by atoms with Crippen molar-refractivity contribution in [2.45, 2.75) is 44.0 Å². The van der Waals surface area contributed by atoms with E-state index < -0.39 is 18.3 Å². The molecule has 0 fully saturated rings. The van der Waals surface area contributed by atoms with Crippen LogP contribution in [0.1, 0.15) is 25.7 Å². The second-order valence-corrected chi connectivity index (χ2v) is 3.46. The first-order valence-electron chi connectivity index (χ1n) is 4.86. The van der Waals surface area contributed by atoms with E-state index in [1.165, 1.54) is 0 Å². The van der Waals surface area contributed by atoms with E-state index in [9.17, 15) is 15.3 Å². The van der Waals surface area contributed by atoms with E-state index in [1.807, 2.05) is 0 Å². The van der Waals surface area contributed by atoms with Gasteiger partial charge in [-0.15, -0.1) is 0 Å². The van der Waals surface area contributed by atoms with Crippen LogP contribution in [-0.4, -0.2) is 57.1 Å². The summed E-state index contributed by atoms with van der Waals surface area (Å²) >= 11 is 0. The SMILES string of the molecule is OCC[C@@H](O)CC(O)C[C@@H](O)CCO. The molecule has 0 radical (unpaired) electrons. The molecule has 5 N–H and O–H groups in total. The number of aliphatic hydroxyl groups is 5. The smallest absolute Gasteiger partial charge is 0.0589 e. The summed E-state index contributed by atoms with van der Waals surface area (Å²) in [6, 6.07) is 0. The van der Waals surface area contributed by atoms with Gasteiger partial charge in [-0.05, 0) is 25.7 Å². The zero-order valence-electron chi connectivity index (χ0n) is 8.21. The second kappa shape index (κ2) is 8.14. The van der Waals surface area contributed by atoms with Gasteiger partial charge < -0.3 is 25.5 Å². The Morgan fingerprint density at radius 2 is 1.00 bits per heavy atom. The van der Waals surface area contributed by atoms with Crippen molar-refractivity contribution in [2.75, 3.05) is 13.2 Å². The topological polar surface area (TPSA) is 101 Å². The highest BCUT2D eigenvalue weighted by Gasteiger charge is 2.15. The molecule has 0 saturated heterocycles. The summed E-state index contributed by atoms with van der Waals surface area (Å²) in [6.07, 6.45) is -1.53. The molecule has 0 aliphatic carbocycles. The Morgan fingerprint density at radius 1 is 0.643 bits per heavy atom. The predicted octanol–water partition coefficient (Wildman–Crippen LogP) is -1.39. The first-order valence-corrected chi connectivity index (χ1v) is 4.86. The van der Waals surface area contributed by atoms with Crippen molar-refractivity contribution in [3.8, 4) is 0 Å². The predicted molar refractivity (Wildman–Crippen MR) is 50.7 cm³/mol. The van der Waals surface area contributed by atoms with Gasteiger partial charge >= 0.3 is 0 Å². The van der Waals surface area contributed by atoms with Crippen LogP contribution in [0.15, 0.2) is 0 Å². The molecule has 0 aromatic heterocycles. The van der Waals surface area contributed by atoms with Crippen LogP contribution in [0, 0.1) is 0 Å². The molecule has 0 aromatic rings. The van der Waals surface area contributed by atoms with Gasteiger partial charge in [-0.2, -0.15) is 0 Å². The maximum absolute atomic E-state index is 9.36. The fourth-order valence-corrected chi connectivity index (χ4v) is 1.26. The molecule has 86 valence electrons. The van der Waals surface area contributed by atoms with Gasteiger partial charge in [-0.3, -0.25) is 0 Å². The van der Waals surface area contributed by atoms with Gasteiger partial charge in [-0.1, -0.05) is 0 Å². The minimum absolute atomic E-state index is 0.118. The van der Waals surface area contributed by atoms with Gasteiger partial charge in [0, 0.05) is 13.2 Å². The maximum Gasteiger partial charge on any atom is 0.0589 e. The zero-order valence-corrected chi connectivity index (χ0v) is 8.21. The fraction of sp³-hybridized carbons (Fsp3) is 1.00. The van der Waals surface area contributed by atoms with Crippen LogP contribution in [0.4, 0.5) is 0 Å². The van der Waals surface area contributed by atoms with Gasteiger partial charge in [-0.25, -0.2) is 0 Å². The Bertz CT molecular complexity index is 116. The number of hydrogen-bond donors (Lipinski definition) is 5. The fourth-order valence-electron chi connectivity index (χ4n) is 1.26. The molecule has 0 aliphatic heterocycles. The minimum atomic E-state index is -0.793. The average molecular weight is 208 g/mol. The molecule has 1 unspecified atom stereocenters. The van der Waals surface area contributed by atoms with Gasteiger partial charge in [0.1, 0.15) is 0 Å². The lowest BCUT2D eigenvalue weighted by Crippen LogP contribution is -2.24. The van der Waals surface area contributed by atoms with Gasteiger partial charge in [0.2, 0.25) is 0 Å². The molecule has 0 heterocycles. The summed E-state index contributed by atoms with van der Waals surface area (Å²) in [4.78, 5) is 0. The Kier molecular flexibility index (Phi) is 8.02. The normalized spacial score (nSPS) is 17.8. The molecule has 0 aromatic carbocycles. The molecular formula is C9H20O5. The van der Waals surface area contributed by atoms with Crippen molar-refractivity contribution < 1.29 is 25.5 Å². The summed E-state index contributed by atoms with van der Waals surface area (Å²) in [5, 5.41) is 44.8. The van der Waals surface area contributed by atoms with Gasteiger partial charge in [0.15, 0.2) is 0 Å². The van der Waals surface area contributed by atoms with Crippen LogP contribution in [0.3, 0.4) is 0 Å². The van der Waals surface area contributed by atoms with Gasteiger partial charge in [0.05, 0.1) is 18.3 Å². The molecule has 5 heteroatoms. The largest absolute Gasteiger partial charge is 0.396 e. The van der Waals surface area contributed by atoms with Crippen LogP contribution in [0.25, 0.3) is 0 Å². The highest BCUT2D eigenvalue weighted by atomic mass is 16.3. The Labute approximate surface area is 83.6 Å². The van der Waals surface area contributed by atoms with Crippen LogP contribution >= 0.6 is 0 Å². The lowest BCUT2D eigenvalue weighted by atomic mass is 10.0. The highest BCUT2D eigenvalue weighted by molar-refractivity contribution is 4.67. The summed E-state index contributed by atoms with van der Waals surface area (Å²) in [7, 11) is 0. The number of hydrogen-bond acceptors (Lipinski definition) is 5. The van der Waals surface area contributed by atoms with Crippen molar-refractivity contribution >= 4 is 0 Å². The van der Waals surface area contributed by atoms with E-state index in [4.69, 9.17) is 10.2 Å². The lowest BCUT2D eigenvalue weighted by molar-refractivity contribution is 0.0256. The maximum atomic E-state index is 9.36. The summed E-state index contributed by atoms with van der Waals surface area (Å²) < 4.78 is 0. The molecule has 14 heavy (non-hydrogen) atoms. The van der Waals surface area contributed by atoms with Crippen molar-refractivity contribution in [3.63, 3.8) is 0 Å². The molecule has 0 aliphatic rings. The first kappa shape index (κ1) is 13.8. The van der Waals surface area contributed by atoms with E-state index in [0.717, 1.165) is 0 Å². The van der Waals surface area contributed by atoms with E-state index in [0.29, 0.717) is 0 Å².